The third-order valence-electron chi connectivity index (χ3n) is 4.33. The Morgan fingerprint density at radius 1 is 1.24 bits per heavy atom. The summed E-state index contributed by atoms with van der Waals surface area (Å²) in [5, 5.41) is 12.9. The number of aryl methyl sites for hydroxylation is 1. The van der Waals surface area contributed by atoms with Gasteiger partial charge in [0.15, 0.2) is 0 Å². The second kappa shape index (κ2) is 9.08. The maximum Gasteiger partial charge on any atom is 0.145 e. The van der Waals surface area contributed by atoms with Crippen LogP contribution in [-0.2, 0) is 11.2 Å². The second-order valence-electron chi connectivity index (χ2n) is 6.21. The minimum Gasteiger partial charge on any atom is -0.396 e. The summed E-state index contributed by atoms with van der Waals surface area (Å²) in [5.41, 5.74) is 2.41. The molecule has 3 heterocycles. The maximum absolute atomic E-state index is 8.98. The summed E-state index contributed by atoms with van der Waals surface area (Å²) >= 11 is 6.30. The minimum absolute atomic E-state index is 0.144. The topological polar surface area (TPSA) is 80.2 Å². The molecule has 1 saturated heterocycles. The van der Waals surface area contributed by atoms with Crippen LogP contribution in [0.2, 0.25) is 5.02 Å². The highest BCUT2D eigenvalue weighted by molar-refractivity contribution is 6.33. The van der Waals surface area contributed by atoms with Crippen molar-refractivity contribution in [3.05, 3.63) is 35.4 Å². The molecular formula is C18H23ClN4O2. The van der Waals surface area contributed by atoms with Crippen molar-refractivity contribution in [2.75, 3.05) is 31.7 Å². The molecule has 1 fully saturated rings. The van der Waals surface area contributed by atoms with E-state index >= 15 is 0 Å². The normalized spacial score (nSPS) is 15.3. The number of anilines is 1. The summed E-state index contributed by atoms with van der Waals surface area (Å²) in [6.07, 6.45) is 8.59. The zero-order valence-corrected chi connectivity index (χ0v) is 14.9. The summed E-state index contributed by atoms with van der Waals surface area (Å²) in [5.74, 6) is 1.35. The van der Waals surface area contributed by atoms with Crippen LogP contribution in [0.25, 0.3) is 11.3 Å². The van der Waals surface area contributed by atoms with Crippen LogP contribution in [0.4, 0.5) is 5.82 Å². The van der Waals surface area contributed by atoms with E-state index in [2.05, 4.69) is 20.3 Å². The Morgan fingerprint density at radius 3 is 2.88 bits per heavy atom. The number of aromatic nitrogens is 3. The van der Waals surface area contributed by atoms with Gasteiger partial charge in [-0.3, -0.25) is 9.97 Å². The van der Waals surface area contributed by atoms with Gasteiger partial charge >= 0.3 is 0 Å². The molecule has 7 heteroatoms. The van der Waals surface area contributed by atoms with Gasteiger partial charge in [-0.15, -0.1) is 0 Å². The van der Waals surface area contributed by atoms with Crippen molar-refractivity contribution in [1.29, 1.82) is 0 Å². The Bertz CT molecular complexity index is 693. The molecule has 0 bridgehead atoms. The lowest BCUT2D eigenvalue weighted by molar-refractivity contribution is 0.0699. The highest BCUT2D eigenvalue weighted by Crippen LogP contribution is 2.27. The maximum atomic E-state index is 8.98. The first-order chi connectivity index (χ1) is 12.3. The molecule has 0 unspecified atom stereocenters. The molecule has 2 aromatic rings. The highest BCUT2D eigenvalue weighted by Gasteiger charge is 2.14. The molecule has 0 aromatic carbocycles. The second-order valence-corrected chi connectivity index (χ2v) is 6.62. The average molecular weight is 363 g/mol. The van der Waals surface area contributed by atoms with Crippen LogP contribution < -0.4 is 5.32 Å². The van der Waals surface area contributed by atoms with E-state index in [9.17, 15) is 0 Å². The SMILES string of the molecule is OCCCc1cc(-c2cncc(NCC3CCOCC3)n2)c(Cl)cn1. The van der Waals surface area contributed by atoms with Gasteiger partial charge < -0.3 is 15.2 Å². The van der Waals surface area contributed by atoms with Crippen molar-refractivity contribution in [3.63, 3.8) is 0 Å². The van der Waals surface area contributed by atoms with Crippen LogP contribution in [0.1, 0.15) is 25.0 Å². The lowest BCUT2D eigenvalue weighted by Gasteiger charge is -2.22. The molecule has 2 aromatic heterocycles. The standard InChI is InChI=1S/C18H23ClN4O2/c19-16-10-21-14(2-1-5-24)8-15(16)17-11-20-12-18(23-17)22-9-13-3-6-25-7-4-13/h8,10-13,24H,1-7,9H2,(H,22,23). The first-order valence-electron chi connectivity index (χ1n) is 8.65. The van der Waals surface area contributed by atoms with Crippen LogP contribution >= 0.6 is 11.6 Å². The molecule has 1 aliphatic rings. The van der Waals surface area contributed by atoms with Gasteiger partial charge in [0.2, 0.25) is 0 Å². The van der Waals surface area contributed by atoms with Gasteiger partial charge in [-0.25, -0.2) is 4.98 Å². The Hall–Kier alpha value is -1.76. The van der Waals surface area contributed by atoms with Crippen molar-refractivity contribution in [1.82, 2.24) is 15.0 Å². The average Bonchev–Trinajstić information content (AvgIpc) is 2.67. The van der Waals surface area contributed by atoms with Crippen LogP contribution in [0, 0.1) is 5.92 Å². The van der Waals surface area contributed by atoms with Gasteiger partial charge in [0.05, 0.1) is 23.1 Å². The summed E-state index contributed by atoms with van der Waals surface area (Å²) in [6.45, 7) is 2.68. The van der Waals surface area contributed by atoms with E-state index in [1.54, 1.807) is 18.6 Å². The molecular weight excluding hydrogens is 340 g/mol. The number of nitrogens with zero attached hydrogens (tertiary/aromatic N) is 3. The number of nitrogens with one attached hydrogen (secondary N) is 1. The van der Waals surface area contributed by atoms with E-state index < -0.39 is 0 Å². The van der Waals surface area contributed by atoms with E-state index in [1.807, 2.05) is 6.07 Å². The number of pyridine rings is 1. The smallest absolute Gasteiger partial charge is 0.145 e. The molecule has 134 valence electrons. The van der Waals surface area contributed by atoms with E-state index in [4.69, 9.17) is 21.4 Å². The Labute approximate surface area is 152 Å². The number of rotatable bonds is 7. The summed E-state index contributed by atoms with van der Waals surface area (Å²) < 4.78 is 5.39. The number of hydrogen-bond acceptors (Lipinski definition) is 6. The predicted molar refractivity (Wildman–Crippen MR) is 97.7 cm³/mol. The van der Waals surface area contributed by atoms with Crippen LogP contribution in [0.5, 0.6) is 0 Å². The molecule has 0 spiro atoms. The van der Waals surface area contributed by atoms with Gasteiger partial charge in [-0.2, -0.15) is 0 Å². The van der Waals surface area contributed by atoms with Crippen LogP contribution in [0.15, 0.2) is 24.7 Å². The molecule has 2 N–H and O–H groups in total. The summed E-state index contributed by atoms with van der Waals surface area (Å²) in [7, 11) is 0. The quantitative estimate of drug-likeness (QED) is 0.788. The molecule has 3 rings (SSSR count). The van der Waals surface area contributed by atoms with E-state index in [-0.39, 0.29) is 6.61 Å². The van der Waals surface area contributed by atoms with Crippen molar-refractivity contribution >= 4 is 17.4 Å². The fourth-order valence-corrected chi connectivity index (χ4v) is 3.06. The monoisotopic (exact) mass is 362 g/mol. The molecule has 0 saturated carbocycles. The molecule has 0 radical (unpaired) electrons. The zero-order valence-electron chi connectivity index (χ0n) is 14.1. The van der Waals surface area contributed by atoms with Gasteiger partial charge in [0.25, 0.3) is 0 Å². The van der Waals surface area contributed by atoms with Gasteiger partial charge in [-0.05, 0) is 37.7 Å². The van der Waals surface area contributed by atoms with Gasteiger partial charge in [-0.1, -0.05) is 11.6 Å². The fraction of sp³-hybridized carbons (Fsp3) is 0.500. The number of halogens is 1. The Morgan fingerprint density at radius 2 is 2.08 bits per heavy atom. The molecule has 25 heavy (non-hydrogen) atoms. The molecule has 0 aliphatic carbocycles. The van der Waals surface area contributed by atoms with Crippen molar-refractivity contribution in [2.45, 2.75) is 25.7 Å². The number of aliphatic hydroxyl groups is 1. The molecule has 0 atom stereocenters. The van der Waals surface area contributed by atoms with Crippen LogP contribution in [0.3, 0.4) is 0 Å². The van der Waals surface area contributed by atoms with Crippen molar-refractivity contribution < 1.29 is 9.84 Å². The highest BCUT2D eigenvalue weighted by atomic mass is 35.5. The summed E-state index contributed by atoms with van der Waals surface area (Å²) in [6, 6.07) is 1.92. The lowest BCUT2D eigenvalue weighted by atomic mass is 10.0. The fourth-order valence-electron chi connectivity index (χ4n) is 2.86. The molecule has 0 amide bonds. The summed E-state index contributed by atoms with van der Waals surface area (Å²) in [4.78, 5) is 13.2. The first kappa shape index (κ1) is 18.0. The van der Waals surface area contributed by atoms with Crippen molar-refractivity contribution in [2.24, 2.45) is 5.92 Å². The zero-order chi connectivity index (χ0) is 17.5. The number of ether oxygens (including phenoxy) is 1. The molecule has 1 aliphatic heterocycles. The predicted octanol–water partition coefficient (Wildman–Crippen LogP) is 2.96. The number of aliphatic hydroxyl groups excluding tert-OH is 1. The largest absolute Gasteiger partial charge is 0.396 e. The first-order valence-corrected chi connectivity index (χ1v) is 9.03. The third kappa shape index (κ3) is 5.11. The molecule has 6 nitrogen and oxygen atoms in total. The van der Waals surface area contributed by atoms with Gasteiger partial charge in [0, 0.05) is 43.8 Å². The lowest BCUT2D eigenvalue weighted by Crippen LogP contribution is -2.23. The van der Waals surface area contributed by atoms with Gasteiger partial charge in [0.1, 0.15) is 5.82 Å². The van der Waals surface area contributed by atoms with E-state index in [0.29, 0.717) is 23.8 Å². The Kier molecular flexibility index (Phi) is 6.55. The van der Waals surface area contributed by atoms with Crippen LogP contribution in [-0.4, -0.2) is 46.4 Å². The van der Waals surface area contributed by atoms with Crippen molar-refractivity contribution in [3.8, 4) is 11.3 Å². The van der Waals surface area contributed by atoms with E-state index in [1.165, 1.54) is 0 Å². The Balaban J connectivity index is 1.72. The third-order valence-corrected chi connectivity index (χ3v) is 4.63. The number of hydrogen-bond donors (Lipinski definition) is 2. The minimum atomic E-state index is 0.144. The van der Waals surface area contributed by atoms with E-state index in [0.717, 1.165) is 55.4 Å².